The van der Waals surface area contributed by atoms with E-state index in [-0.39, 0.29) is 18.7 Å². The van der Waals surface area contributed by atoms with Crippen molar-refractivity contribution in [2.45, 2.75) is 58.2 Å². The summed E-state index contributed by atoms with van der Waals surface area (Å²) < 4.78 is 50.0. The smallest absolute Gasteiger partial charge is 0.417 e. The molecule has 0 spiro atoms. The topological polar surface area (TPSA) is 54.9 Å². The predicted octanol–water partition coefficient (Wildman–Crippen LogP) is 3.44. The second kappa shape index (κ2) is 6.85. The van der Waals surface area contributed by atoms with Crippen molar-refractivity contribution in [1.29, 1.82) is 0 Å². The van der Waals surface area contributed by atoms with Crippen LogP contribution in [0.2, 0.25) is 0 Å². The minimum Gasteiger partial charge on any atom is -0.444 e. The van der Waals surface area contributed by atoms with Crippen LogP contribution in [0.3, 0.4) is 0 Å². The predicted molar refractivity (Wildman–Crippen MR) is 92.4 cm³/mol. The van der Waals surface area contributed by atoms with Crippen LogP contribution < -0.4 is 4.90 Å². The van der Waals surface area contributed by atoms with Crippen LogP contribution in [0.1, 0.15) is 38.8 Å². The number of carbonyl (C=O) groups is 1. The zero-order valence-electron chi connectivity index (χ0n) is 15.8. The minimum absolute atomic E-state index is 0.0556. The largest absolute Gasteiger partial charge is 0.444 e. The third-order valence-corrected chi connectivity index (χ3v) is 4.58. The first kappa shape index (κ1) is 19.7. The van der Waals surface area contributed by atoms with Gasteiger partial charge in [-0.3, -0.25) is 0 Å². The lowest BCUT2D eigenvalue weighted by atomic mass is 10.1. The monoisotopic (exact) mass is 387 g/mol. The number of hydrogen-bond donors (Lipinski definition) is 0. The van der Waals surface area contributed by atoms with Gasteiger partial charge in [-0.25, -0.2) is 9.78 Å². The highest BCUT2D eigenvalue weighted by Gasteiger charge is 2.40. The Labute approximate surface area is 156 Å². The molecule has 2 aliphatic rings. The molecule has 27 heavy (non-hydrogen) atoms. The molecule has 3 heterocycles. The number of ether oxygens (including phenoxy) is 2. The Bertz CT molecular complexity index is 718. The fourth-order valence-electron chi connectivity index (χ4n) is 3.34. The maximum atomic E-state index is 13.0. The van der Waals surface area contributed by atoms with E-state index < -0.39 is 23.4 Å². The number of rotatable bonds is 0. The summed E-state index contributed by atoms with van der Waals surface area (Å²) in [6.45, 7) is 8.45. The number of pyridine rings is 1. The van der Waals surface area contributed by atoms with Crippen LogP contribution >= 0.6 is 0 Å². The highest BCUT2D eigenvalue weighted by molar-refractivity contribution is 5.69. The van der Waals surface area contributed by atoms with Crippen molar-refractivity contribution in [1.82, 2.24) is 9.88 Å². The van der Waals surface area contributed by atoms with Crippen LogP contribution in [0.25, 0.3) is 0 Å². The molecule has 2 aliphatic heterocycles. The molecule has 1 amide bonds. The Balaban J connectivity index is 1.84. The molecule has 150 valence electrons. The van der Waals surface area contributed by atoms with E-state index in [2.05, 4.69) is 4.98 Å². The second-order valence-corrected chi connectivity index (χ2v) is 8.01. The highest BCUT2D eigenvalue weighted by atomic mass is 19.4. The fraction of sp³-hybridized carbons (Fsp3) is 0.667. The van der Waals surface area contributed by atoms with Crippen molar-refractivity contribution >= 4 is 11.9 Å². The number of halogens is 3. The highest BCUT2D eigenvalue weighted by Crippen LogP contribution is 2.34. The van der Waals surface area contributed by atoms with E-state index in [1.807, 2.05) is 11.8 Å². The summed E-state index contributed by atoms with van der Waals surface area (Å²) in [6, 6.07) is 0.723. The maximum Gasteiger partial charge on any atom is 0.417 e. The fourth-order valence-corrected chi connectivity index (χ4v) is 3.34. The SMILES string of the molecule is C[C@@H]1CN2c3ncc(C(F)(F)F)cc3COC[C@H]2CN1C(=O)OC(C)(C)C. The number of aromatic nitrogens is 1. The van der Waals surface area contributed by atoms with Crippen molar-refractivity contribution in [2.75, 3.05) is 24.6 Å². The Morgan fingerprint density at radius 3 is 2.63 bits per heavy atom. The lowest BCUT2D eigenvalue weighted by molar-refractivity contribution is -0.137. The Hall–Kier alpha value is -2.03. The van der Waals surface area contributed by atoms with E-state index in [0.29, 0.717) is 31.1 Å². The molecule has 0 saturated carbocycles. The van der Waals surface area contributed by atoms with Gasteiger partial charge in [0.05, 0.1) is 24.8 Å². The molecule has 0 aromatic carbocycles. The number of nitrogens with zero attached hydrogens (tertiary/aromatic N) is 3. The maximum absolute atomic E-state index is 13.0. The summed E-state index contributed by atoms with van der Waals surface area (Å²) >= 11 is 0. The van der Waals surface area contributed by atoms with Crippen LogP contribution in [0, 0.1) is 0 Å². The first-order valence-corrected chi connectivity index (χ1v) is 8.86. The Kier molecular flexibility index (Phi) is 5.00. The van der Waals surface area contributed by atoms with Crippen LogP contribution in [-0.4, -0.2) is 53.4 Å². The van der Waals surface area contributed by atoms with Gasteiger partial charge in [-0.15, -0.1) is 0 Å². The van der Waals surface area contributed by atoms with Crippen molar-refractivity contribution in [3.05, 3.63) is 23.4 Å². The van der Waals surface area contributed by atoms with Gasteiger partial charge in [-0.05, 0) is 33.8 Å². The lowest BCUT2D eigenvalue weighted by Crippen LogP contribution is -2.61. The van der Waals surface area contributed by atoms with Gasteiger partial charge in [0, 0.05) is 30.9 Å². The van der Waals surface area contributed by atoms with Gasteiger partial charge in [0.1, 0.15) is 11.4 Å². The van der Waals surface area contributed by atoms with E-state index in [1.165, 1.54) is 0 Å². The molecule has 6 nitrogen and oxygen atoms in total. The van der Waals surface area contributed by atoms with Crippen molar-refractivity contribution in [3.63, 3.8) is 0 Å². The number of alkyl halides is 3. The molecule has 3 rings (SSSR count). The van der Waals surface area contributed by atoms with Gasteiger partial charge in [-0.1, -0.05) is 0 Å². The summed E-state index contributed by atoms with van der Waals surface area (Å²) in [4.78, 5) is 20.2. The van der Waals surface area contributed by atoms with Crippen molar-refractivity contribution in [2.24, 2.45) is 0 Å². The van der Waals surface area contributed by atoms with Crippen LogP contribution in [-0.2, 0) is 22.3 Å². The number of fused-ring (bicyclic) bond motifs is 3. The zero-order chi connectivity index (χ0) is 20.0. The zero-order valence-corrected chi connectivity index (χ0v) is 15.8. The van der Waals surface area contributed by atoms with Gasteiger partial charge >= 0.3 is 12.3 Å². The third kappa shape index (κ3) is 4.28. The van der Waals surface area contributed by atoms with E-state index in [0.717, 1.165) is 12.3 Å². The quantitative estimate of drug-likeness (QED) is 0.683. The Morgan fingerprint density at radius 2 is 2.00 bits per heavy atom. The number of carbonyl (C=O) groups excluding carboxylic acids is 1. The van der Waals surface area contributed by atoms with Gasteiger partial charge in [0.15, 0.2) is 0 Å². The first-order valence-electron chi connectivity index (χ1n) is 8.86. The summed E-state index contributed by atoms with van der Waals surface area (Å²) in [5.74, 6) is 0.487. The van der Waals surface area contributed by atoms with Gasteiger partial charge in [0.2, 0.25) is 0 Å². The van der Waals surface area contributed by atoms with Crippen LogP contribution in [0.5, 0.6) is 0 Å². The Morgan fingerprint density at radius 1 is 1.30 bits per heavy atom. The number of anilines is 1. The first-order chi connectivity index (χ1) is 12.5. The standard InChI is InChI=1S/C18H24F3N3O3/c1-11-7-24-14(8-23(11)16(25)27-17(2,3)4)10-26-9-12-5-13(18(19,20)21)6-22-15(12)24/h5-6,11,14H,7-10H2,1-4H3/t11-,14-/m1/s1. The number of piperazine rings is 1. The van der Waals surface area contributed by atoms with Crippen LogP contribution in [0.15, 0.2) is 12.3 Å². The summed E-state index contributed by atoms with van der Waals surface area (Å²) in [7, 11) is 0. The average molecular weight is 387 g/mol. The second-order valence-electron chi connectivity index (χ2n) is 8.01. The molecular formula is C18H24F3N3O3. The lowest BCUT2D eigenvalue weighted by Gasteiger charge is -2.45. The summed E-state index contributed by atoms with van der Waals surface area (Å²) in [6.07, 6.45) is -4.00. The average Bonchev–Trinajstić information content (AvgIpc) is 2.70. The van der Waals surface area contributed by atoms with Gasteiger partial charge < -0.3 is 19.3 Å². The molecule has 9 heteroatoms. The van der Waals surface area contributed by atoms with E-state index in [9.17, 15) is 18.0 Å². The van der Waals surface area contributed by atoms with Crippen molar-refractivity contribution < 1.29 is 27.4 Å². The van der Waals surface area contributed by atoms with E-state index >= 15 is 0 Å². The third-order valence-electron chi connectivity index (χ3n) is 4.58. The molecule has 0 radical (unpaired) electrons. The number of hydrogen-bond acceptors (Lipinski definition) is 5. The van der Waals surface area contributed by atoms with E-state index in [1.54, 1.807) is 25.7 Å². The molecule has 2 atom stereocenters. The van der Waals surface area contributed by atoms with Crippen LogP contribution in [0.4, 0.5) is 23.8 Å². The summed E-state index contributed by atoms with van der Waals surface area (Å²) in [5.41, 5.74) is -0.982. The molecule has 1 aromatic heterocycles. The molecule has 1 saturated heterocycles. The summed E-state index contributed by atoms with van der Waals surface area (Å²) in [5, 5.41) is 0. The van der Waals surface area contributed by atoms with Gasteiger partial charge in [-0.2, -0.15) is 13.2 Å². The number of amides is 1. The van der Waals surface area contributed by atoms with Crippen molar-refractivity contribution in [3.8, 4) is 0 Å². The minimum atomic E-state index is -4.45. The van der Waals surface area contributed by atoms with E-state index in [4.69, 9.17) is 9.47 Å². The normalized spacial score (nSPS) is 23.4. The molecule has 1 fully saturated rings. The molecule has 0 aliphatic carbocycles. The molecule has 1 aromatic rings. The molecular weight excluding hydrogens is 363 g/mol. The molecule has 0 unspecified atom stereocenters. The molecule has 0 N–H and O–H groups in total. The van der Waals surface area contributed by atoms with Gasteiger partial charge in [0.25, 0.3) is 0 Å². The molecule has 0 bridgehead atoms.